The summed E-state index contributed by atoms with van der Waals surface area (Å²) >= 11 is 0. The molecule has 1 heterocycles. The minimum Gasteiger partial charge on any atom is -0.399 e. The number of fused-ring (bicyclic) bond motifs is 1. The van der Waals surface area contributed by atoms with Crippen LogP contribution in [0.5, 0.6) is 0 Å². The number of nitrogens with two attached hydrogens (primary N) is 1. The van der Waals surface area contributed by atoms with Crippen LogP contribution in [0.4, 0.5) is 5.69 Å². The molecule has 1 atom stereocenters. The third-order valence-corrected chi connectivity index (χ3v) is 3.98. The number of unbranched alkanes of at least 4 members (excludes halogenated alkanes) is 1. The topological polar surface area (TPSA) is 70.9 Å². The van der Waals surface area contributed by atoms with Gasteiger partial charge >= 0.3 is 0 Å². The molecule has 0 aliphatic rings. The second-order valence-corrected chi connectivity index (χ2v) is 5.66. The number of anilines is 1. The van der Waals surface area contributed by atoms with Crippen molar-refractivity contribution in [1.82, 2.24) is 10.3 Å². The van der Waals surface area contributed by atoms with E-state index in [1.807, 2.05) is 24.3 Å². The van der Waals surface area contributed by atoms with Gasteiger partial charge in [-0.15, -0.1) is 0 Å². The molecular weight excluding hydrogens is 262 g/mol. The number of carbonyl (C=O) groups is 1. The number of hydrogen-bond donors (Lipinski definition) is 3. The molecule has 4 N–H and O–H groups in total. The Hall–Kier alpha value is -1.97. The summed E-state index contributed by atoms with van der Waals surface area (Å²) in [7, 11) is 0. The summed E-state index contributed by atoms with van der Waals surface area (Å²) in [5, 5.41) is 4.00. The number of hydrogen-bond acceptors (Lipinski definition) is 2. The first-order valence-corrected chi connectivity index (χ1v) is 7.80. The maximum absolute atomic E-state index is 12.2. The summed E-state index contributed by atoms with van der Waals surface area (Å²) in [4.78, 5) is 15.4. The van der Waals surface area contributed by atoms with Gasteiger partial charge in [0.25, 0.3) is 5.91 Å². The number of aromatic nitrogens is 1. The Morgan fingerprint density at radius 2 is 2.14 bits per heavy atom. The molecule has 2 aromatic rings. The summed E-state index contributed by atoms with van der Waals surface area (Å²) < 4.78 is 0. The van der Waals surface area contributed by atoms with Crippen molar-refractivity contribution in [3.8, 4) is 0 Å². The molecule has 0 fully saturated rings. The van der Waals surface area contributed by atoms with Gasteiger partial charge in [-0.2, -0.15) is 0 Å². The van der Waals surface area contributed by atoms with Crippen LogP contribution >= 0.6 is 0 Å². The molecule has 21 heavy (non-hydrogen) atoms. The van der Waals surface area contributed by atoms with E-state index in [4.69, 9.17) is 5.73 Å². The molecule has 0 saturated carbocycles. The minimum absolute atomic E-state index is 0.0419. The molecule has 0 aliphatic carbocycles. The predicted molar refractivity (Wildman–Crippen MR) is 88.4 cm³/mol. The average Bonchev–Trinajstić information content (AvgIpc) is 2.90. The molecule has 114 valence electrons. The summed E-state index contributed by atoms with van der Waals surface area (Å²) in [5.74, 6) is 0.522. The van der Waals surface area contributed by atoms with E-state index < -0.39 is 0 Å². The smallest absolute Gasteiger partial charge is 0.267 e. The van der Waals surface area contributed by atoms with E-state index in [1.165, 1.54) is 19.3 Å². The maximum atomic E-state index is 12.2. The minimum atomic E-state index is -0.0419. The molecule has 0 aliphatic heterocycles. The quantitative estimate of drug-likeness (QED) is 0.679. The molecule has 1 unspecified atom stereocenters. The van der Waals surface area contributed by atoms with Crippen molar-refractivity contribution >= 4 is 22.5 Å². The van der Waals surface area contributed by atoms with Gasteiger partial charge in [-0.05, 0) is 36.6 Å². The van der Waals surface area contributed by atoms with Gasteiger partial charge in [0.2, 0.25) is 0 Å². The van der Waals surface area contributed by atoms with Crippen molar-refractivity contribution in [3.05, 3.63) is 30.0 Å². The number of amides is 1. The van der Waals surface area contributed by atoms with E-state index in [9.17, 15) is 4.79 Å². The third kappa shape index (κ3) is 4.00. The van der Waals surface area contributed by atoms with Crippen LogP contribution in [0.2, 0.25) is 0 Å². The van der Waals surface area contributed by atoms with Crippen molar-refractivity contribution < 1.29 is 4.79 Å². The van der Waals surface area contributed by atoms with Crippen molar-refractivity contribution in [3.63, 3.8) is 0 Å². The molecule has 1 amide bonds. The zero-order valence-corrected chi connectivity index (χ0v) is 12.9. The third-order valence-electron chi connectivity index (χ3n) is 3.98. The Morgan fingerprint density at radius 1 is 1.33 bits per heavy atom. The van der Waals surface area contributed by atoms with E-state index >= 15 is 0 Å². The molecule has 0 bridgehead atoms. The van der Waals surface area contributed by atoms with Crippen LogP contribution in [0, 0.1) is 5.92 Å². The van der Waals surface area contributed by atoms with Crippen molar-refractivity contribution in [1.29, 1.82) is 0 Å². The number of nitrogens with one attached hydrogen (secondary N) is 2. The van der Waals surface area contributed by atoms with Gasteiger partial charge in [-0.1, -0.05) is 33.1 Å². The molecule has 1 aromatic carbocycles. The van der Waals surface area contributed by atoms with Gasteiger partial charge in [0.05, 0.1) is 0 Å². The fourth-order valence-corrected chi connectivity index (χ4v) is 2.55. The molecule has 0 spiro atoms. The number of nitrogen functional groups attached to an aromatic ring is 1. The maximum Gasteiger partial charge on any atom is 0.267 e. The first-order valence-electron chi connectivity index (χ1n) is 7.80. The normalized spacial score (nSPS) is 12.5. The van der Waals surface area contributed by atoms with Crippen molar-refractivity contribution in [2.24, 2.45) is 5.92 Å². The summed E-state index contributed by atoms with van der Waals surface area (Å²) in [5.41, 5.74) is 8.00. The lowest BCUT2D eigenvalue weighted by Gasteiger charge is -2.14. The molecular formula is C17H25N3O. The zero-order chi connectivity index (χ0) is 15.2. The molecule has 4 heteroatoms. The van der Waals surface area contributed by atoms with Gasteiger partial charge in [0.15, 0.2) is 0 Å². The largest absolute Gasteiger partial charge is 0.399 e. The van der Waals surface area contributed by atoms with Gasteiger partial charge in [-0.3, -0.25) is 4.79 Å². The molecule has 2 rings (SSSR count). The van der Waals surface area contributed by atoms with E-state index in [1.54, 1.807) is 0 Å². The van der Waals surface area contributed by atoms with E-state index in [2.05, 4.69) is 24.1 Å². The Kier molecular flexibility index (Phi) is 5.26. The van der Waals surface area contributed by atoms with Crippen LogP contribution in [0.25, 0.3) is 10.9 Å². The lowest BCUT2D eigenvalue weighted by atomic mass is 9.99. The first kappa shape index (κ1) is 15.4. The monoisotopic (exact) mass is 287 g/mol. The number of aromatic amines is 1. The van der Waals surface area contributed by atoms with Crippen LogP contribution in [-0.4, -0.2) is 17.4 Å². The highest BCUT2D eigenvalue weighted by atomic mass is 16.1. The second kappa shape index (κ2) is 7.16. The van der Waals surface area contributed by atoms with Gasteiger partial charge in [0.1, 0.15) is 5.69 Å². The van der Waals surface area contributed by atoms with E-state index in [-0.39, 0.29) is 5.91 Å². The second-order valence-electron chi connectivity index (χ2n) is 5.66. The molecule has 0 radical (unpaired) electrons. The zero-order valence-electron chi connectivity index (χ0n) is 12.9. The summed E-state index contributed by atoms with van der Waals surface area (Å²) in [6, 6.07) is 7.46. The summed E-state index contributed by atoms with van der Waals surface area (Å²) in [6.07, 6.45) is 4.70. The van der Waals surface area contributed by atoms with Gasteiger partial charge in [-0.25, -0.2) is 0 Å². The highest BCUT2D eigenvalue weighted by Gasteiger charge is 2.12. The van der Waals surface area contributed by atoms with Crippen LogP contribution in [0.15, 0.2) is 24.3 Å². The van der Waals surface area contributed by atoms with Gasteiger partial charge < -0.3 is 16.0 Å². The summed E-state index contributed by atoms with van der Waals surface area (Å²) in [6.45, 7) is 5.12. The van der Waals surface area contributed by atoms with Crippen LogP contribution in [0.3, 0.4) is 0 Å². The standard InChI is InChI=1S/C17H25N3O/c1-3-5-6-12(4-2)11-19-17(21)16-10-13-9-14(18)7-8-15(13)20-16/h7-10,12,20H,3-6,11,18H2,1-2H3,(H,19,21). The number of H-pyrrole nitrogens is 1. The number of rotatable bonds is 7. The first-order chi connectivity index (χ1) is 10.1. The lowest BCUT2D eigenvalue weighted by Crippen LogP contribution is -2.29. The van der Waals surface area contributed by atoms with E-state index in [0.717, 1.165) is 23.9 Å². The Morgan fingerprint density at radius 3 is 2.86 bits per heavy atom. The molecule has 4 nitrogen and oxygen atoms in total. The fourth-order valence-electron chi connectivity index (χ4n) is 2.55. The van der Waals surface area contributed by atoms with Crippen molar-refractivity contribution in [2.45, 2.75) is 39.5 Å². The SMILES string of the molecule is CCCCC(CC)CNC(=O)c1cc2cc(N)ccc2[nH]1. The number of carbonyl (C=O) groups excluding carboxylic acids is 1. The predicted octanol–water partition coefficient (Wildman–Crippen LogP) is 3.70. The van der Waals surface area contributed by atoms with Crippen LogP contribution < -0.4 is 11.1 Å². The molecule has 1 aromatic heterocycles. The Balaban J connectivity index is 1.98. The highest BCUT2D eigenvalue weighted by Crippen LogP contribution is 2.18. The van der Waals surface area contributed by atoms with E-state index in [0.29, 0.717) is 17.3 Å². The Labute approximate surface area is 126 Å². The van der Waals surface area contributed by atoms with Crippen LogP contribution in [0.1, 0.15) is 50.0 Å². The Bertz CT molecular complexity index is 603. The van der Waals surface area contributed by atoms with Crippen molar-refractivity contribution in [2.75, 3.05) is 12.3 Å². The average molecular weight is 287 g/mol. The fraction of sp³-hybridized carbons (Fsp3) is 0.471. The molecule has 0 saturated heterocycles. The van der Waals surface area contributed by atoms with Crippen LogP contribution in [-0.2, 0) is 0 Å². The highest BCUT2D eigenvalue weighted by molar-refractivity contribution is 5.98. The number of benzene rings is 1. The van der Waals surface area contributed by atoms with Gasteiger partial charge in [0, 0.05) is 23.1 Å². The lowest BCUT2D eigenvalue weighted by molar-refractivity contribution is 0.0941.